The first-order valence-corrected chi connectivity index (χ1v) is 12.1. The zero-order valence-corrected chi connectivity index (χ0v) is 19.0. The Kier molecular flexibility index (Phi) is 7.43. The number of carboxylic acids is 1. The summed E-state index contributed by atoms with van der Waals surface area (Å²) in [4.78, 5) is 39.4. The maximum absolute atomic E-state index is 13.6. The van der Waals surface area contributed by atoms with Crippen molar-refractivity contribution in [1.29, 1.82) is 0 Å². The summed E-state index contributed by atoms with van der Waals surface area (Å²) >= 11 is 0. The summed E-state index contributed by atoms with van der Waals surface area (Å²) in [6.07, 6.45) is 11.6. The topological polar surface area (TPSA) is 86.7 Å². The maximum Gasteiger partial charge on any atom is 0.335 e. The molecule has 0 radical (unpaired) electrons. The first kappa shape index (κ1) is 23.0. The summed E-state index contributed by atoms with van der Waals surface area (Å²) in [6.45, 7) is 0. The molecule has 4 rings (SSSR count). The molecule has 0 saturated heterocycles. The Morgan fingerprint density at radius 3 is 1.61 bits per heavy atom. The molecule has 6 heteroatoms. The van der Waals surface area contributed by atoms with E-state index in [1.807, 2.05) is 0 Å². The molecule has 0 spiro atoms. The average Bonchev–Trinajstić information content (AvgIpc) is 2.86. The third-order valence-corrected chi connectivity index (χ3v) is 6.95. The Bertz CT molecular complexity index is 954. The van der Waals surface area contributed by atoms with Crippen LogP contribution in [0.3, 0.4) is 0 Å². The average molecular weight is 449 g/mol. The van der Waals surface area contributed by atoms with E-state index >= 15 is 0 Å². The van der Waals surface area contributed by atoms with Gasteiger partial charge in [0.25, 0.3) is 11.8 Å². The summed E-state index contributed by atoms with van der Waals surface area (Å²) in [5.41, 5.74) is 1.77. The SMILES string of the molecule is O=C(O)c1ccc(NC(=O)c2ccc(C(=O)N(C3CCCCC3)C3CCCCC3)cc2)cc1. The summed E-state index contributed by atoms with van der Waals surface area (Å²) in [7, 11) is 0. The zero-order valence-electron chi connectivity index (χ0n) is 19.0. The third kappa shape index (κ3) is 5.62. The highest BCUT2D eigenvalue weighted by Gasteiger charge is 2.33. The fourth-order valence-electron chi connectivity index (χ4n) is 5.16. The van der Waals surface area contributed by atoms with Gasteiger partial charge in [0, 0.05) is 28.9 Å². The zero-order chi connectivity index (χ0) is 23.2. The number of nitrogens with zero attached hydrogens (tertiary/aromatic N) is 1. The van der Waals surface area contributed by atoms with E-state index in [2.05, 4.69) is 10.2 Å². The molecular formula is C27H32N2O4. The highest BCUT2D eigenvalue weighted by molar-refractivity contribution is 6.05. The second kappa shape index (κ2) is 10.6. The summed E-state index contributed by atoms with van der Waals surface area (Å²) in [5.74, 6) is -1.22. The van der Waals surface area contributed by atoms with Crippen molar-refractivity contribution < 1.29 is 19.5 Å². The van der Waals surface area contributed by atoms with E-state index in [-0.39, 0.29) is 17.4 Å². The Hall–Kier alpha value is -3.15. The van der Waals surface area contributed by atoms with Crippen LogP contribution >= 0.6 is 0 Å². The quantitative estimate of drug-likeness (QED) is 0.589. The van der Waals surface area contributed by atoms with Crippen molar-refractivity contribution in [2.45, 2.75) is 76.3 Å². The smallest absolute Gasteiger partial charge is 0.335 e. The molecule has 2 N–H and O–H groups in total. The number of benzene rings is 2. The van der Waals surface area contributed by atoms with Gasteiger partial charge in [-0.05, 0) is 74.2 Å². The van der Waals surface area contributed by atoms with E-state index in [9.17, 15) is 14.4 Å². The number of anilines is 1. The van der Waals surface area contributed by atoms with Gasteiger partial charge in [0.05, 0.1) is 5.56 Å². The maximum atomic E-state index is 13.6. The van der Waals surface area contributed by atoms with Crippen molar-refractivity contribution in [2.24, 2.45) is 0 Å². The van der Waals surface area contributed by atoms with Crippen molar-refractivity contribution in [3.63, 3.8) is 0 Å². The molecule has 0 bridgehead atoms. The molecule has 0 unspecified atom stereocenters. The van der Waals surface area contributed by atoms with Crippen LogP contribution in [0.4, 0.5) is 5.69 Å². The van der Waals surface area contributed by atoms with Gasteiger partial charge in [-0.15, -0.1) is 0 Å². The van der Waals surface area contributed by atoms with Crippen LogP contribution in [-0.2, 0) is 0 Å². The molecule has 0 aromatic heterocycles. The van der Waals surface area contributed by atoms with E-state index in [0.29, 0.717) is 28.9 Å². The number of rotatable bonds is 6. The van der Waals surface area contributed by atoms with Gasteiger partial charge in [0.1, 0.15) is 0 Å². The largest absolute Gasteiger partial charge is 0.478 e. The number of amides is 2. The molecule has 2 amide bonds. The second-order valence-corrected chi connectivity index (χ2v) is 9.21. The van der Waals surface area contributed by atoms with E-state index in [0.717, 1.165) is 25.7 Å². The highest BCUT2D eigenvalue weighted by atomic mass is 16.4. The van der Waals surface area contributed by atoms with Crippen LogP contribution in [0.1, 0.15) is 95.3 Å². The molecule has 174 valence electrons. The Balaban J connectivity index is 1.46. The minimum atomic E-state index is -1.01. The molecule has 0 heterocycles. The standard InChI is InChI=1S/C27H32N2O4/c30-25(28-22-17-15-21(16-18-22)27(32)33)19-11-13-20(14-12-19)26(31)29(23-7-3-1-4-8-23)24-9-5-2-6-10-24/h11-18,23-24H,1-10H2,(H,28,30)(H,32,33). The van der Waals surface area contributed by atoms with Crippen LogP contribution in [-0.4, -0.2) is 39.9 Å². The van der Waals surface area contributed by atoms with Crippen molar-refractivity contribution in [3.8, 4) is 0 Å². The minimum absolute atomic E-state index is 0.0880. The van der Waals surface area contributed by atoms with Gasteiger partial charge < -0.3 is 15.3 Å². The van der Waals surface area contributed by atoms with Gasteiger partial charge >= 0.3 is 5.97 Å². The van der Waals surface area contributed by atoms with Crippen LogP contribution in [0.2, 0.25) is 0 Å². The summed E-state index contributed by atoms with van der Waals surface area (Å²) in [5, 5.41) is 11.8. The molecule has 33 heavy (non-hydrogen) atoms. The predicted molar refractivity (Wildman–Crippen MR) is 128 cm³/mol. The fourth-order valence-corrected chi connectivity index (χ4v) is 5.16. The number of carbonyl (C=O) groups is 3. The fraction of sp³-hybridized carbons (Fsp3) is 0.444. The van der Waals surface area contributed by atoms with E-state index in [1.54, 1.807) is 36.4 Å². The van der Waals surface area contributed by atoms with Crippen LogP contribution in [0, 0.1) is 0 Å². The predicted octanol–water partition coefficient (Wildman–Crippen LogP) is 5.74. The number of carboxylic acid groups (broad SMARTS) is 1. The Morgan fingerprint density at radius 2 is 1.12 bits per heavy atom. The lowest BCUT2D eigenvalue weighted by molar-refractivity contribution is 0.0448. The molecule has 2 aromatic rings. The molecule has 2 saturated carbocycles. The van der Waals surface area contributed by atoms with Gasteiger partial charge in [0.15, 0.2) is 0 Å². The molecular weight excluding hydrogens is 416 g/mol. The number of carbonyl (C=O) groups excluding carboxylic acids is 2. The summed E-state index contributed by atoms with van der Waals surface area (Å²) in [6, 6.07) is 13.6. The number of aromatic carboxylic acids is 1. The molecule has 2 fully saturated rings. The van der Waals surface area contributed by atoms with E-state index < -0.39 is 5.97 Å². The molecule has 0 atom stereocenters. The van der Waals surface area contributed by atoms with E-state index in [4.69, 9.17) is 5.11 Å². The second-order valence-electron chi connectivity index (χ2n) is 9.21. The number of hydrogen-bond acceptors (Lipinski definition) is 3. The van der Waals surface area contributed by atoms with Gasteiger partial charge in [-0.1, -0.05) is 38.5 Å². The molecule has 2 aliphatic carbocycles. The molecule has 0 aliphatic heterocycles. The van der Waals surface area contributed by atoms with Crippen LogP contribution in [0.15, 0.2) is 48.5 Å². The lowest BCUT2D eigenvalue weighted by Crippen LogP contribution is -2.48. The normalized spacial score (nSPS) is 17.3. The Morgan fingerprint density at radius 1 is 0.667 bits per heavy atom. The molecule has 2 aliphatic rings. The van der Waals surface area contributed by atoms with Crippen LogP contribution < -0.4 is 5.32 Å². The number of hydrogen-bond donors (Lipinski definition) is 2. The van der Waals surface area contributed by atoms with Crippen LogP contribution in [0.25, 0.3) is 0 Å². The van der Waals surface area contributed by atoms with Gasteiger partial charge in [-0.25, -0.2) is 4.79 Å². The first-order valence-electron chi connectivity index (χ1n) is 12.1. The third-order valence-electron chi connectivity index (χ3n) is 6.95. The van der Waals surface area contributed by atoms with Gasteiger partial charge in [-0.2, -0.15) is 0 Å². The van der Waals surface area contributed by atoms with Gasteiger partial charge in [-0.3, -0.25) is 9.59 Å². The van der Waals surface area contributed by atoms with Crippen LogP contribution in [0.5, 0.6) is 0 Å². The van der Waals surface area contributed by atoms with Gasteiger partial charge in [0.2, 0.25) is 0 Å². The van der Waals surface area contributed by atoms with Crippen molar-refractivity contribution >= 4 is 23.5 Å². The highest BCUT2D eigenvalue weighted by Crippen LogP contribution is 2.31. The minimum Gasteiger partial charge on any atom is -0.478 e. The van der Waals surface area contributed by atoms with Crippen molar-refractivity contribution in [1.82, 2.24) is 4.90 Å². The molecule has 2 aromatic carbocycles. The van der Waals surface area contributed by atoms with E-state index in [1.165, 1.54) is 50.7 Å². The number of nitrogens with one attached hydrogen (secondary N) is 1. The monoisotopic (exact) mass is 448 g/mol. The molecule has 6 nitrogen and oxygen atoms in total. The summed E-state index contributed by atoms with van der Waals surface area (Å²) < 4.78 is 0. The lowest BCUT2D eigenvalue weighted by atomic mass is 9.88. The first-order chi connectivity index (χ1) is 16.0. The van der Waals surface area contributed by atoms with Crippen molar-refractivity contribution in [2.75, 3.05) is 5.32 Å². The Labute approximate surface area is 195 Å². The lowest BCUT2D eigenvalue weighted by Gasteiger charge is -2.42. The van der Waals surface area contributed by atoms with Crippen molar-refractivity contribution in [3.05, 3.63) is 65.2 Å².